The first-order valence-corrected chi connectivity index (χ1v) is 22.2. The molecule has 15 atom stereocenters. The number of fused-ring (bicyclic) bond motifs is 1. The van der Waals surface area contributed by atoms with Crippen molar-refractivity contribution in [2.24, 2.45) is 29.6 Å². The van der Waals surface area contributed by atoms with Gasteiger partial charge in [0, 0.05) is 74.2 Å². The number of thioether (sulfide) groups is 1. The second-order valence-corrected chi connectivity index (χ2v) is 18.9. The van der Waals surface area contributed by atoms with Crippen molar-refractivity contribution in [2.75, 3.05) is 27.0 Å². The van der Waals surface area contributed by atoms with Crippen LogP contribution in [-0.4, -0.2) is 135 Å². The zero-order valence-electron chi connectivity index (χ0n) is 37.2. The molecular formula is C44H66N4O11S. The van der Waals surface area contributed by atoms with Gasteiger partial charge in [-0.25, -0.2) is 0 Å². The van der Waals surface area contributed by atoms with Crippen LogP contribution in [0, 0.1) is 29.6 Å². The monoisotopic (exact) mass is 858 g/mol. The van der Waals surface area contributed by atoms with Crippen molar-refractivity contribution < 1.29 is 52.7 Å². The number of cyclic esters (lactones) is 1. The molecule has 0 radical (unpaired) electrons. The number of methoxy groups -OCH3 is 1. The van der Waals surface area contributed by atoms with Crippen LogP contribution in [-0.2, 0) is 54.1 Å². The van der Waals surface area contributed by atoms with E-state index in [1.165, 1.54) is 25.8 Å². The van der Waals surface area contributed by atoms with Gasteiger partial charge in [-0.3, -0.25) is 28.8 Å². The summed E-state index contributed by atoms with van der Waals surface area (Å²) >= 11 is 1.40. The highest BCUT2D eigenvalue weighted by Gasteiger charge is 2.61. The van der Waals surface area contributed by atoms with Crippen LogP contribution in [0.2, 0.25) is 0 Å². The summed E-state index contributed by atoms with van der Waals surface area (Å²) in [7, 11) is 5.31. The van der Waals surface area contributed by atoms with Crippen molar-refractivity contribution >= 4 is 35.5 Å². The molecule has 15 nitrogen and oxygen atoms in total. The number of pyridine rings is 1. The maximum absolute atomic E-state index is 14.8. The minimum Gasteiger partial charge on any atom is -0.458 e. The first kappa shape index (κ1) is 47.6. The smallest absolute Gasteiger partial charge is 0.320 e. The van der Waals surface area contributed by atoms with E-state index in [0.29, 0.717) is 25.1 Å². The Kier molecular flexibility index (Phi) is 15.7. The summed E-state index contributed by atoms with van der Waals surface area (Å²) in [6.45, 7) is 16.1. The lowest BCUT2D eigenvalue weighted by Gasteiger charge is -2.48. The fraction of sp³-hybridized carbons (Fsp3) is 0.727. The number of esters is 3. The van der Waals surface area contributed by atoms with E-state index in [9.17, 15) is 24.3 Å². The molecule has 3 fully saturated rings. The lowest BCUT2D eigenvalue weighted by Crippen LogP contribution is -2.60. The summed E-state index contributed by atoms with van der Waals surface area (Å²) < 4.78 is 39.6. The third-order valence-corrected chi connectivity index (χ3v) is 14.3. The molecule has 60 heavy (non-hydrogen) atoms. The van der Waals surface area contributed by atoms with E-state index >= 15 is 0 Å². The van der Waals surface area contributed by atoms with Crippen LogP contribution in [0.1, 0.15) is 81.6 Å². The molecule has 0 aliphatic carbocycles. The van der Waals surface area contributed by atoms with Gasteiger partial charge in [-0.2, -0.15) is 5.10 Å². The van der Waals surface area contributed by atoms with Crippen LogP contribution < -0.4 is 0 Å². The Labute approximate surface area is 358 Å². The fourth-order valence-electron chi connectivity index (χ4n) is 9.64. The zero-order valence-corrected chi connectivity index (χ0v) is 38.0. The Morgan fingerprint density at radius 3 is 2.35 bits per heavy atom. The summed E-state index contributed by atoms with van der Waals surface area (Å²) in [5, 5.41) is 16.0. The molecule has 0 unspecified atom stereocenters. The number of rotatable bonds is 11. The Hall–Kier alpha value is -3.41. The maximum atomic E-state index is 14.8. The normalized spacial score (nSPS) is 38.2. The molecule has 2 aromatic heterocycles. The van der Waals surface area contributed by atoms with Crippen molar-refractivity contribution in [3.8, 4) is 11.3 Å². The van der Waals surface area contributed by atoms with Crippen LogP contribution in [0.5, 0.6) is 0 Å². The van der Waals surface area contributed by atoms with Crippen LogP contribution in [0.25, 0.3) is 11.3 Å². The summed E-state index contributed by atoms with van der Waals surface area (Å²) in [5.41, 5.74) is -0.859. The van der Waals surface area contributed by atoms with Gasteiger partial charge >= 0.3 is 17.9 Å². The van der Waals surface area contributed by atoms with Crippen molar-refractivity contribution in [2.45, 2.75) is 147 Å². The largest absolute Gasteiger partial charge is 0.458 e. The molecule has 0 saturated carbocycles. The lowest BCUT2D eigenvalue weighted by atomic mass is 9.70. The number of aliphatic hydroxyl groups excluding tert-OH is 1. The van der Waals surface area contributed by atoms with Crippen LogP contribution >= 0.6 is 11.8 Å². The van der Waals surface area contributed by atoms with Crippen LogP contribution in [0.4, 0.5) is 0 Å². The molecule has 1 N–H and O–H groups in total. The maximum Gasteiger partial charge on any atom is 0.320 e. The van der Waals surface area contributed by atoms with Gasteiger partial charge in [0.05, 0.1) is 41.6 Å². The van der Waals surface area contributed by atoms with Crippen LogP contribution in [0.15, 0.2) is 36.8 Å². The van der Waals surface area contributed by atoms with E-state index in [-0.39, 0.29) is 24.3 Å². The number of carbonyl (C=O) groups is 4. The summed E-state index contributed by atoms with van der Waals surface area (Å²) in [6.07, 6.45) is 0.924. The predicted molar refractivity (Wildman–Crippen MR) is 224 cm³/mol. The molecule has 3 aliphatic rings. The Balaban J connectivity index is 1.49. The Morgan fingerprint density at radius 2 is 1.73 bits per heavy atom. The van der Waals surface area contributed by atoms with Gasteiger partial charge in [0.15, 0.2) is 18.0 Å². The second-order valence-electron chi connectivity index (χ2n) is 17.6. The van der Waals surface area contributed by atoms with E-state index < -0.39 is 94.7 Å². The number of Topliss-reactive ketones (excluding diaryl/α,β-unsaturated/α-hetero) is 1. The summed E-state index contributed by atoms with van der Waals surface area (Å²) in [5.74, 6) is -5.18. The van der Waals surface area contributed by atoms with E-state index in [0.717, 1.165) is 11.3 Å². The highest BCUT2D eigenvalue weighted by molar-refractivity contribution is 8.00. The van der Waals surface area contributed by atoms with E-state index in [1.54, 1.807) is 33.2 Å². The van der Waals surface area contributed by atoms with Crippen molar-refractivity contribution in [3.63, 3.8) is 0 Å². The number of aryl methyl sites for hydroxylation is 1. The van der Waals surface area contributed by atoms with E-state index in [1.807, 2.05) is 82.7 Å². The molecule has 334 valence electrons. The van der Waals surface area contributed by atoms with Crippen LogP contribution in [0.3, 0.4) is 0 Å². The van der Waals surface area contributed by atoms with Gasteiger partial charge in [-0.15, -0.1) is 11.8 Å². The topological polar surface area (TPSA) is 178 Å². The minimum atomic E-state index is -1.35. The molecule has 5 heterocycles. The molecule has 0 amide bonds. The van der Waals surface area contributed by atoms with Gasteiger partial charge in [-0.1, -0.05) is 27.7 Å². The summed E-state index contributed by atoms with van der Waals surface area (Å²) in [6, 6.07) is 5.44. The van der Waals surface area contributed by atoms with Crippen molar-refractivity contribution in [1.82, 2.24) is 19.7 Å². The predicted octanol–water partition coefficient (Wildman–Crippen LogP) is 4.97. The number of hydrogen-bond acceptors (Lipinski definition) is 15. The molecule has 0 aromatic carbocycles. The number of hydrogen-bond donors (Lipinski definition) is 1. The number of aromatic nitrogens is 3. The first-order valence-electron chi connectivity index (χ1n) is 21.2. The fourth-order valence-corrected chi connectivity index (χ4v) is 11.1. The van der Waals surface area contributed by atoms with Gasteiger partial charge < -0.3 is 38.4 Å². The molecule has 0 spiro atoms. The Bertz CT molecular complexity index is 1800. The molecule has 3 aliphatic heterocycles. The number of ketones is 1. The third kappa shape index (κ3) is 10.1. The third-order valence-electron chi connectivity index (χ3n) is 13.0. The number of aliphatic hydroxyl groups is 1. The number of ether oxygens (including phenoxy) is 6. The SMILES string of the molecule is CC[C@H]1OC(=O)[C@H](C)[C@@H](O)[C@H](C)[C@@H](O[C@@H]2O[C@H](C)C[C@H](N(C)C)[C@H]2OC(C)=O)[C@](C)(OC)C[C@@H](C)C(=O)[C@H](C)[C@H]2[C@H](SCCn3ccc(-c4ccncc4)n3)C(=O)O[C@@]21C. The average Bonchev–Trinajstić information content (AvgIpc) is 3.79. The van der Waals surface area contributed by atoms with E-state index in [4.69, 9.17) is 33.5 Å². The van der Waals surface area contributed by atoms with Gasteiger partial charge in [0.1, 0.15) is 17.1 Å². The number of carbonyl (C=O) groups excluding carboxylic acids is 4. The number of likely N-dealkylation sites (N-methyl/N-ethyl adjacent to an activating group) is 1. The highest BCUT2D eigenvalue weighted by Crippen LogP contribution is 2.49. The minimum absolute atomic E-state index is 0.126. The quantitative estimate of drug-likeness (QED) is 0.237. The molecule has 0 bridgehead atoms. The molecule has 2 aromatic rings. The number of nitrogens with zero attached hydrogens (tertiary/aromatic N) is 4. The van der Waals surface area contributed by atoms with E-state index in [2.05, 4.69) is 4.98 Å². The summed E-state index contributed by atoms with van der Waals surface area (Å²) in [4.78, 5) is 61.4. The van der Waals surface area contributed by atoms with Gasteiger partial charge in [-0.05, 0) is 79.3 Å². The highest BCUT2D eigenvalue weighted by atomic mass is 32.2. The molecular weight excluding hydrogens is 793 g/mol. The lowest BCUT2D eigenvalue weighted by molar-refractivity contribution is -0.303. The van der Waals surface area contributed by atoms with Gasteiger partial charge in [0.25, 0.3) is 0 Å². The second kappa shape index (κ2) is 19.7. The molecule has 16 heteroatoms. The first-order chi connectivity index (χ1) is 28.3. The van der Waals surface area contributed by atoms with Crippen molar-refractivity contribution in [1.29, 1.82) is 0 Å². The standard InChI is InChI=1S/C44H66N4O11S/c1-13-33-44(9)34(38(41(53)59-44)60-21-20-48-19-16-31(46-48)30-14-17-45-18-15-30)26(4)35(50)24(2)23-43(8,54-12)39(27(5)36(51)28(6)40(52)57-33)58-42-37(56-29(7)49)32(47(10)11)22-25(3)55-42/h14-19,24-28,32-34,36-39,42,51H,13,20-23H2,1-12H3/t24-,25-,26-,27+,28-,32+,33-,34+,36+,37-,38+,39-,42+,43-,44-/m1/s1. The van der Waals surface area contributed by atoms with Crippen molar-refractivity contribution in [3.05, 3.63) is 36.8 Å². The Morgan fingerprint density at radius 1 is 1.05 bits per heavy atom. The average molecular weight is 859 g/mol. The zero-order chi connectivity index (χ0) is 44.3. The van der Waals surface area contributed by atoms with Gasteiger partial charge in [0.2, 0.25) is 0 Å². The molecule has 5 rings (SSSR count). The molecule has 3 saturated heterocycles.